The standard InChI is InChI=1S/C19H30N4O2S2/c1-3-5-8-15(4-2)14-21-19(26)22-16-9-6-10-17(13-16)27(24,25)23-18-11-7-12-20-18/h6,9-10,13,15H,3-5,7-8,11-12,14H2,1-2H3,(H,20,23)(H2,21,22,26)/t15-/m0/s1. The van der Waals surface area contributed by atoms with E-state index in [1.165, 1.54) is 19.3 Å². The van der Waals surface area contributed by atoms with Gasteiger partial charge in [0.05, 0.1) is 4.90 Å². The molecule has 8 heteroatoms. The molecule has 0 radical (unpaired) electrons. The number of amidine groups is 1. The average Bonchev–Trinajstić information content (AvgIpc) is 3.14. The first-order valence-corrected chi connectivity index (χ1v) is 11.5. The maximum Gasteiger partial charge on any atom is 0.262 e. The van der Waals surface area contributed by atoms with Crippen molar-refractivity contribution in [3.63, 3.8) is 0 Å². The second kappa shape index (κ2) is 10.6. The molecule has 27 heavy (non-hydrogen) atoms. The lowest BCUT2D eigenvalue weighted by Gasteiger charge is -2.17. The summed E-state index contributed by atoms with van der Waals surface area (Å²) < 4.78 is 27.6. The van der Waals surface area contributed by atoms with Crippen molar-refractivity contribution in [2.75, 3.05) is 18.4 Å². The molecule has 0 saturated carbocycles. The molecule has 0 spiro atoms. The van der Waals surface area contributed by atoms with Crippen molar-refractivity contribution in [3.8, 4) is 0 Å². The SMILES string of the molecule is CCCC[C@H](CC)CNC(=S)Nc1cccc(S(=O)(=O)NC2=NCCC2)c1. The van der Waals surface area contributed by atoms with Gasteiger partial charge in [0.1, 0.15) is 5.84 Å². The largest absolute Gasteiger partial charge is 0.362 e. The van der Waals surface area contributed by atoms with Crippen LogP contribution in [0.15, 0.2) is 34.2 Å². The fraction of sp³-hybridized carbons (Fsp3) is 0.579. The average molecular weight is 411 g/mol. The number of rotatable bonds is 9. The van der Waals surface area contributed by atoms with Crippen molar-refractivity contribution in [3.05, 3.63) is 24.3 Å². The lowest BCUT2D eigenvalue weighted by atomic mass is 9.99. The Kier molecular flexibility index (Phi) is 8.50. The van der Waals surface area contributed by atoms with Gasteiger partial charge in [0.2, 0.25) is 0 Å². The summed E-state index contributed by atoms with van der Waals surface area (Å²) in [6.45, 7) is 5.88. The van der Waals surface area contributed by atoms with Gasteiger partial charge in [0.25, 0.3) is 10.0 Å². The number of benzene rings is 1. The van der Waals surface area contributed by atoms with Crippen LogP contribution >= 0.6 is 12.2 Å². The third-order valence-corrected chi connectivity index (χ3v) is 6.25. The predicted octanol–water partition coefficient (Wildman–Crippen LogP) is 3.66. The summed E-state index contributed by atoms with van der Waals surface area (Å²) in [6.07, 6.45) is 6.27. The number of hydrogen-bond donors (Lipinski definition) is 3. The normalized spacial score (nSPS) is 15.1. The Morgan fingerprint density at radius 2 is 2.15 bits per heavy atom. The Morgan fingerprint density at radius 3 is 2.81 bits per heavy atom. The summed E-state index contributed by atoms with van der Waals surface area (Å²) in [5.74, 6) is 1.12. The molecule has 2 rings (SSSR count). The monoisotopic (exact) mass is 410 g/mol. The Balaban J connectivity index is 1.93. The lowest BCUT2D eigenvalue weighted by molar-refractivity contribution is 0.446. The molecule has 1 atom stereocenters. The van der Waals surface area contributed by atoms with E-state index < -0.39 is 10.0 Å². The van der Waals surface area contributed by atoms with Gasteiger partial charge >= 0.3 is 0 Å². The predicted molar refractivity (Wildman–Crippen MR) is 116 cm³/mol. The molecular weight excluding hydrogens is 380 g/mol. The summed E-state index contributed by atoms with van der Waals surface area (Å²) in [4.78, 5) is 4.36. The molecular formula is C19H30N4O2S2. The van der Waals surface area contributed by atoms with Crippen LogP contribution in [0.25, 0.3) is 0 Å². The zero-order valence-electron chi connectivity index (χ0n) is 16.1. The van der Waals surface area contributed by atoms with Crippen LogP contribution in [0.5, 0.6) is 0 Å². The summed E-state index contributed by atoms with van der Waals surface area (Å²) >= 11 is 5.36. The molecule has 1 aliphatic rings. The molecule has 6 nitrogen and oxygen atoms in total. The molecule has 1 aliphatic heterocycles. The van der Waals surface area contributed by atoms with E-state index in [9.17, 15) is 8.42 Å². The van der Waals surface area contributed by atoms with E-state index in [-0.39, 0.29) is 4.90 Å². The first kappa shape index (κ1) is 21.6. The number of aliphatic imine (C=N–C) groups is 1. The third kappa shape index (κ3) is 7.10. The molecule has 0 aliphatic carbocycles. The highest BCUT2D eigenvalue weighted by Gasteiger charge is 2.18. The minimum Gasteiger partial charge on any atom is -0.362 e. The molecule has 1 aromatic rings. The van der Waals surface area contributed by atoms with Crippen LogP contribution in [0.3, 0.4) is 0 Å². The number of sulfonamides is 1. The van der Waals surface area contributed by atoms with Crippen molar-refractivity contribution in [1.29, 1.82) is 0 Å². The van der Waals surface area contributed by atoms with Gasteiger partial charge in [-0.2, -0.15) is 0 Å². The lowest BCUT2D eigenvalue weighted by Crippen LogP contribution is -2.33. The molecule has 1 heterocycles. The van der Waals surface area contributed by atoms with Crippen LogP contribution in [0.1, 0.15) is 52.4 Å². The number of nitrogens with one attached hydrogen (secondary N) is 3. The van der Waals surface area contributed by atoms with Gasteiger partial charge in [0.15, 0.2) is 5.11 Å². The Labute approximate surface area is 168 Å². The van der Waals surface area contributed by atoms with Gasteiger partial charge in [-0.1, -0.05) is 39.2 Å². The van der Waals surface area contributed by atoms with Crippen LogP contribution in [0.2, 0.25) is 0 Å². The van der Waals surface area contributed by atoms with Crippen molar-refractivity contribution in [2.45, 2.75) is 57.3 Å². The summed E-state index contributed by atoms with van der Waals surface area (Å²) in [6, 6.07) is 6.65. The zero-order chi connectivity index (χ0) is 19.7. The van der Waals surface area contributed by atoms with Gasteiger partial charge in [-0.15, -0.1) is 0 Å². The highest BCUT2D eigenvalue weighted by atomic mass is 32.2. The Morgan fingerprint density at radius 1 is 1.33 bits per heavy atom. The first-order valence-electron chi connectivity index (χ1n) is 9.65. The molecule has 0 unspecified atom stereocenters. The molecule has 0 saturated heterocycles. The summed E-state index contributed by atoms with van der Waals surface area (Å²) in [7, 11) is -3.63. The second-order valence-corrected chi connectivity index (χ2v) is 8.91. The van der Waals surface area contributed by atoms with E-state index in [1.54, 1.807) is 24.3 Å². The van der Waals surface area contributed by atoms with E-state index in [2.05, 4.69) is 34.2 Å². The van der Waals surface area contributed by atoms with Gasteiger partial charge in [-0.3, -0.25) is 9.71 Å². The Bertz CT molecular complexity index is 763. The van der Waals surface area contributed by atoms with E-state index in [0.29, 0.717) is 35.5 Å². The van der Waals surface area contributed by atoms with Crippen molar-refractivity contribution < 1.29 is 8.42 Å². The first-order chi connectivity index (χ1) is 12.9. The van der Waals surface area contributed by atoms with Gasteiger partial charge in [-0.05, 0) is 49.2 Å². The van der Waals surface area contributed by atoms with Crippen molar-refractivity contribution >= 4 is 38.9 Å². The highest BCUT2D eigenvalue weighted by Crippen LogP contribution is 2.17. The summed E-state index contributed by atoms with van der Waals surface area (Å²) in [5.41, 5.74) is 0.644. The molecule has 0 aromatic heterocycles. The van der Waals surface area contributed by atoms with Crippen LogP contribution < -0.4 is 15.4 Å². The fourth-order valence-corrected chi connectivity index (χ4v) is 4.27. The quantitative estimate of drug-likeness (QED) is 0.541. The van der Waals surface area contributed by atoms with Gasteiger partial charge in [0, 0.05) is 25.2 Å². The molecule has 0 amide bonds. The zero-order valence-corrected chi connectivity index (χ0v) is 17.8. The van der Waals surface area contributed by atoms with Crippen LogP contribution in [-0.4, -0.2) is 32.5 Å². The van der Waals surface area contributed by atoms with Crippen molar-refractivity contribution in [1.82, 2.24) is 10.0 Å². The smallest absolute Gasteiger partial charge is 0.262 e. The fourth-order valence-electron chi connectivity index (χ4n) is 2.93. The van der Waals surface area contributed by atoms with E-state index >= 15 is 0 Å². The molecule has 1 aromatic carbocycles. The Hall–Kier alpha value is -1.67. The topological polar surface area (TPSA) is 82.6 Å². The third-order valence-electron chi connectivity index (χ3n) is 4.62. The summed E-state index contributed by atoms with van der Waals surface area (Å²) in [5, 5.41) is 6.83. The maximum atomic E-state index is 12.5. The number of hydrogen-bond acceptors (Lipinski definition) is 4. The van der Waals surface area contributed by atoms with Crippen LogP contribution in [0, 0.1) is 5.92 Å². The minimum absolute atomic E-state index is 0.194. The van der Waals surface area contributed by atoms with Crippen LogP contribution in [-0.2, 0) is 10.0 Å². The van der Waals surface area contributed by atoms with E-state index in [4.69, 9.17) is 12.2 Å². The molecule has 0 bridgehead atoms. The number of nitrogens with zero attached hydrogens (tertiary/aromatic N) is 1. The second-order valence-electron chi connectivity index (χ2n) is 6.82. The number of anilines is 1. The van der Waals surface area contributed by atoms with E-state index in [1.807, 2.05) is 0 Å². The van der Waals surface area contributed by atoms with Crippen molar-refractivity contribution in [2.24, 2.45) is 10.9 Å². The van der Waals surface area contributed by atoms with Gasteiger partial charge in [-0.25, -0.2) is 8.42 Å². The molecule has 0 fully saturated rings. The minimum atomic E-state index is -3.63. The van der Waals surface area contributed by atoms with Gasteiger partial charge < -0.3 is 10.6 Å². The van der Waals surface area contributed by atoms with E-state index in [0.717, 1.165) is 19.4 Å². The molecule has 3 N–H and O–H groups in total. The number of unbranched alkanes of at least 4 members (excludes halogenated alkanes) is 1. The highest BCUT2D eigenvalue weighted by molar-refractivity contribution is 7.90. The number of thiocarbonyl (C=S) groups is 1. The molecule has 150 valence electrons. The van der Waals surface area contributed by atoms with Crippen LogP contribution in [0.4, 0.5) is 5.69 Å². The maximum absolute atomic E-state index is 12.5.